The topological polar surface area (TPSA) is 88.0 Å². The fourth-order valence-electron chi connectivity index (χ4n) is 0.812. The molecule has 1 aromatic heterocycles. The van der Waals surface area contributed by atoms with Gasteiger partial charge in [0.1, 0.15) is 0 Å². The molecule has 1 aromatic rings. The Bertz CT molecular complexity index is 479. The number of azide groups is 1. The van der Waals surface area contributed by atoms with Crippen molar-refractivity contribution >= 4 is 17.3 Å². The zero-order valence-corrected chi connectivity index (χ0v) is 9.32. The molecule has 0 N–H and O–H groups in total. The molecule has 7 heteroatoms. The smallest absolute Gasteiger partial charge is 0.357 e. The van der Waals surface area contributed by atoms with Gasteiger partial charge in [0.05, 0.1) is 13.2 Å². The van der Waals surface area contributed by atoms with Crippen LogP contribution in [0.4, 0.5) is 0 Å². The predicted octanol–water partition coefficient (Wildman–Crippen LogP) is 1.98. The van der Waals surface area contributed by atoms with Crippen LogP contribution in [0, 0.1) is 11.8 Å². The van der Waals surface area contributed by atoms with E-state index in [0.717, 1.165) is 0 Å². The van der Waals surface area contributed by atoms with E-state index in [4.69, 9.17) is 10.3 Å². The van der Waals surface area contributed by atoms with E-state index in [1.54, 1.807) is 12.3 Å². The maximum atomic E-state index is 11.2. The zero-order chi connectivity index (χ0) is 11.8. The van der Waals surface area contributed by atoms with Crippen LogP contribution < -0.4 is 0 Å². The summed E-state index contributed by atoms with van der Waals surface area (Å²) in [4.78, 5) is 17.8. The Kier molecular flexibility index (Phi) is 4.86. The lowest BCUT2D eigenvalue weighted by Crippen LogP contribution is -2.04. The van der Waals surface area contributed by atoms with Crippen molar-refractivity contribution in [1.82, 2.24) is 4.98 Å². The molecule has 1 rings (SSSR count). The van der Waals surface area contributed by atoms with Gasteiger partial charge >= 0.3 is 5.97 Å². The molecule has 0 atom stereocenters. The number of ether oxygens (including phenoxy) is 1. The molecule has 0 unspecified atom stereocenters. The third-order valence-corrected chi connectivity index (χ3v) is 2.15. The third kappa shape index (κ3) is 3.61. The molecule has 0 fully saturated rings. The predicted molar refractivity (Wildman–Crippen MR) is 59.0 cm³/mol. The molecule has 0 aromatic carbocycles. The van der Waals surface area contributed by atoms with E-state index in [1.807, 2.05) is 0 Å². The van der Waals surface area contributed by atoms with Crippen LogP contribution in [0.5, 0.6) is 0 Å². The van der Waals surface area contributed by atoms with E-state index in [1.165, 1.54) is 11.3 Å². The molecule has 16 heavy (non-hydrogen) atoms. The highest BCUT2D eigenvalue weighted by molar-refractivity contribution is 7.10. The first kappa shape index (κ1) is 12.0. The van der Waals surface area contributed by atoms with Crippen LogP contribution in [0.1, 0.15) is 22.4 Å². The van der Waals surface area contributed by atoms with Gasteiger partial charge in [-0.15, -0.1) is 11.3 Å². The number of carbonyl (C=O) groups excluding carboxylic acids is 1. The summed E-state index contributed by atoms with van der Waals surface area (Å²) in [5.74, 6) is 4.84. The first-order chi connectivity index (χ1) is 7.77. The highest BCUT2D eigenvalue weighted by Gasteiger charge is 2.09. The van der Waals surface area contributed by atoms with Gasteiger partial charge in [0.25, 0.3) is 0 Å². The van der Waals surface area contributed by atoms with E-state index in [2.05, 4.69) is 26.9 Å². The molecule has 0 aliphatic rings. The maximum Gasteiger partial charge on any atom is 0.357 e. The molecule has 0 amide bonds. The first-order valence-corrected chi connectivity index (χ1v) is 5.28. The van der Waals surface area contributed by atoms with E-state index < -0.39 is 5.97 Å². The number of aromatic nitrogens is 1. The van der Waals surface area contributed by atoms with Crippen molar-refractivity contribution in [3.05, 3.63) is 26.5 Å². The summed E-state index contributed by atoms with van der Waals surface area (Å²) < 4.78 is 4.77. The SMILES string of the molecule is CCOC(=O)c1csc(C#CCN=[N+]=[N-])n1. The van der Waals surface area contributed by atoms with Gasteiger partial charge in [0, 0.05) is 10.3 Å². The quantitative estimate of drug-likeness (QED) is 0.264. The highest BCUT2D eigenvalue weighted by atomic mass is 32.1. The van der Waals surface area contributed by atoms with Gasteiger partial charge in [-0.2, -0.15) is 0 Å². The maximum absolute atomic E-state index is 11.2. The van der Waals surface area contributed by atoms with Gasteiger partial charge in [-0.3, -0.25) is 0 Å². The van der Waals surface area contributed by atoms with Gasteiger partial charge in [0.2, 0.25) is 0 Å². The summed E-state index contributed by atoms with van der Waals surface area (Å²) in [7, 11) is 0. The van der Waals surface area contributed by atoms with Crippen molar-refractivity contribution in [2.45, 2.75) is 6.92 Å². The second-order valence-electron chi connectivity index (χ2n) is 2.45. The summed E-state index contributed by atoms with van der Waals surface area (Å²) in [5.41, 5.74) is 8.27. The van der Waals surface area contributed by atoms with Crippen LogP contribution in [-0.2, 0) is 4.74 Å². The summed E-state index contributed by atoms with van der Waals surface area (Å²) in [5, 5.41) is 5.33. The van der Waals surface area contributed by atoms with E-state index in [-0.39, 0.29) is 12.2 Å². The Balaban J connectivity index is 2.66. The molecular weight excluding hydrogens is 228 g/mol. The second-order valence-corrected chi connectivity index (χ2v) is 3.31. The molecule has 1 heterocycles. The van der Waals surface area contributed by atoms with Gasteiger partial charge in [-0.25, -0.2) is 9.78 Å². The fourth-order valence-corrected chi connectivity index (χ4v) is 1.47. The lowest BCUT2D eigenvalue weighted by Gasteiger charge is -1.95. The van der Waals surface area contributed by atoms with Gasteiger partial charge in [-0.05, 0) is 18.4 Å². The number of thiazole rings is 1. The molecule has 0 aliphatic carbocycles. The van der Waals surface area contributed by atoms with Crippen molar-refractivity contribution < 1.29 is 9.53 Å². The van der Waals surface area contributed by atoms with E-state index in [0.29, 0.717) is 11.6 Å². The molecule has 6 nitrogen and oxygen atoms in total. The van der Waals surface area contributed by atoms with Crippen LogP contribution >= 0.6 is 11.3 Å². The number of hydrogen-bond acceptors (Lipinski definition) is 5. The number of hydrogen-bond donors (Lipinski definition) is 0. The average molecular weight is 236 g/mol. The normalized spacial score (nSPS) is 8.56. The van der Waals surface area contributed by atoms with Crippen molar-refractivity contribution in [1.29, 1.82) is 0 Å². The first-order valence-electron chi connectivity index (χ1n) is 4.40. The fraction of sp³-hybridized carbons (Fsp3) is 0.333. The Labute approximate surface area is 95.9 Å². The third-order valence-electron chi connectivity index (χ3n) is 1.40. The van der Waals surface area contributed by atoms with Crippen molar-refractivity contribution in [2.24, 2.45) is 5.11 Å². The van der Waals surface area contributed by atoms with Crippen LogP contribution in [0.25, 0.3) is 10.4 Å². The minimum absolute atomic E-state index is 0.0881. The van der Waals surface area contributed by atoms with Crippen LogP contribution in [0.3, 0.4) is 0 Å². The summed E-state index contributed by atoms with van der Waals surface area (Å²) in [6, 6.07) is 0. The largest absolute Gasteiger partial charge is 0.461 e. The second kappa shape index (κ2) is 6.45. The van der Waals surface area contributed by atoms with Crippen LogP contribution in [0.15, 0.2) is 10.5 Å². The standard InChI is InChI=1S/C9H8N4O2S/c1-2-15-9(14)7-6-16-8(12-7)4-3-5-11-13-10/h6H,2,5H2,1H3. The Morgan fingerprint density at radius 2 is 2.62 bits per heavy atom. The van der Waals surface area contributed by atoms with Crippen molar-refractivity contribution in [3.63, 3.8) is 0 Å². The molecular formula is C9H8N4O2S. The summed E-state index contributed by atoms with van der Waals surface area (Å²) >= 11 is 1.24. The Hall–Kier alpha value is -2.03. The number of nitrogens with zero attached hydrogens (tertiary/aromatic N) is 4. The average Bonchev–Trinajstić information content (AvgIpc) is 2.73. The summed E-state index contributed by atoms with van der Waals surface area (Å²) in [6.07, 6.45) is 0. The lowest BCUT2D eigenvalue weighted by molar-refractivity contribution is 0.0520. The summed E-state index contributed by atoms with van der Waals surface area (Å²) in [6.45, 7) is 2.13. The number of rotatable bonds is 3. The molecule has 0 saturated carbocycles. The molecule has 0 aliphatic heterocycles. The van der Waals surface area contributed by atoms with E-state index in [9.17, 15) is 4.79 Å². The molecule has 82 valence electrons. The van der Waals surface area contributed by atoms with E-state index >= 15 is 0 Å². The van der Waals surface area contributed by atoms with Crippen molar-refractivity contribution in [2.75, 3.05) is 13.2 Å². The number of carbonyl (C=O) groups is 1. The monoisotopic (exact) mass is 236 g/mol. The Morgan fingerprint density at radius 1 is 1.81 bits per heavy atom. The van der Waals surface area contributed by atoms with Gasteiger partial charge in [0.15, 0.2) is 10.7 Å². The lowest BCUT2D eigenvalue weighted by atomic mass is 10.5. The molecule has 0 saturated heterocycles. The van der Waals surface area contributed by atoms with Crippen molar-refractivity contribution in [3.8, 4) is 11.8 Å². The van der Waals surface area contributed by atoms with Gasteiger partial charge < -0.3 is 4.74 Å². The molecule has 0 spiro atoms. The number of esters is 1. The highest BCUT2D eigenvalue weighted by Crippen LogP contribution is 2.09. The van der Waals surface area contributed by atoms with Crippen LogP contribution in [0.2, 0.25) is 0 Å². The minimum atomic E-state index is -0.457. The van der Waals surface area contributed by atoms with Gasteiger partial charge in [-0.1, -0.05) is 11.0 Å². The molecule has 0 radical (unpaired) electrons. The Morgan fingerprint density at radius 3 is 3.31 bits per heavy atom. The van der Waals surface area contributed by atoms with Crippen LogP contribution in [-0.4, -0.2) is 24.1 Å². The minimum Gasteiger partial charge on any atom is -0.461 e. The zero-order valence-electron chi connectivity index (χ0n) is 8.51. The molecule has 0 bridgehead atoms.